The number of unbranched alkanes of at least 4 members (excludes halogenated alkanes) is 22. The molecule has 0 heterocycles. The van der Waals surface area contributed by atoms with Crippen molar-refractivity contribution in [3.8, 4) is 11.5 Å². The van der Waals surface area contributed by atoms with Crippen molar-refractivity contribution >= 4 is 122 Å². The highest BCUT2D eigenvalue weighted by Gasteiger charge is 2.36. The third-order valence-electron chi connectivity index (χ3n) is 19.0. The molecule has 0 aromatic heterocycles. The van der Waals surface area contributed by atoms with E-state index in [0.29, 0.717) is 53.9 Å². The first-order valence-electron chi connectivity index (χ1n) is 35.5. The maximum Gasteiger partial charge on any atom is 0.310 e. The van der Waals surface area contributed by atoms with Gasteiger partial charge in [-0.1, -0.05) is 242 Å². The van der Waals surface area contributed by atoms with E-state index in [1.54, 1.807) is 60.7 Å². The van der Waals surface area contributed by atoms with Gasteiger partial charge in [0.25, 0.3) is 0 Å². The zero-order valence-electron chi connectivity index (χ0n) is 56.1. The molecule has 6 aromatic carbocycles. The number of carbonyl (C=O) groups is 6. The molecule has 8 rings (SSSR count). The van der Waals surface area contributed by atoms with Gasteiger partial charge in [0.15, 0.2) is 23.1 Å². The lowest BCUT2D eigenvalue weighted by atomic mass is 9.78. The quantitative estimate of drug-likeness (QED) is 0.0161. The number of ether oxygens (including phenoxy) is 2. The fourth-order valence-corrected chi connectivity index (χ4v) is 16.7. The van der Waals surface area contributed by atoms with E-state index < -0.39 is 11.6 Å². The fraction of sp³-hybridized carbons (Fsp3) is 0.475. The van der Waals surface area contributed by atoms with Crippen LogP contribution in [0.1, 0.15) is 281 Å². The molecule has 0 aliphatic heterocycles. The predicted octanol–water partition coefficient (Wildman–Crippen LogP) is 23.0. The SMILES string of the molecule is CCCCCCCCCC(CCCCCCCCOC(=O)Cc1cc(Br)c(Nc2ccc(O)c3c2C(=O)c2ccccc2C3=O)c(Br)c1)C(CCCCCCCCC)CCCCCCCCOC(=O)Cc1cc(Br)c(Nc2ccc(O)c3c2C(=O)c2ccccc2C3=O)c(Br)c1. The molecule has 4 N–H and O–H groups in total. The highest BCUT2D eigenvalue weighted by Crippen LogP contribution is 2.44. The Morgan fingerprint density at radius 2 is 0.646 bits per heavy atom. The number of rotatable bonds is 43. The maximum absolute atomic E-state index is 13.7. The fourth-order valence-electron chi connectivity index (χ4n) is 13.8. The summed E-state index contributed by atoms with van der Waals surface area (Å²) < 4.78 is 14.0. The Kier molecular flexibility index (Phi) is 31.3. The molecule has 0 amide bonds. The standard InChI is InChI=1S/C80H96Br4N2O10/c1-3-5-7-9-11-17-23-33-55(35-25-19-13-15-21-31-45-95-69(89)51-53-47-61(81)75(62(82)48-53)85-65-41-43-67(87)73-71(65)77(91)57-37-27-29-39-59(57)79(73)93)56(34-24-18-12-10-8-6-4-2)36-26-20-14-16-22-32-46-96-70(90)52-54-49-63(83)76(64(84)50-54)86-66-42-44-68(88)74-72(66)78(92)58-38-28-30-40-60(58)80(74)94/h27-30,37-44,47-50,55-56,85-88H,3-26,31-36,45-46,51-52H2,1-2H3. The van der Waals surface area contributed by atoms with E-state index in [9.17, 15) is 39.0 Å². The van der Waals surface area contributed by atoms with Crippen molar-refractivity contribution in [2.75, 3.05) is 23.8 Å². The van der Waals surface area contributed by atoms with Gasteiger partial charge in [0.05, 0.1) is 71.1 Å². The van der Waals surface area contributed by atoms with Crippen molar-refractivity contribution in [1.82, 2.24) is 0 Å². The normalized spacial score (nSPS) is 13.0. The number of halogens is 4. The molecule has 96 heavy (non-hydrogen) atoms. The number of phenols is 2. The lowest BCUT2D eigenvalue weighted by molar-refractivity contribution is -0.143. The molecular weight excluding hydrogens is 1470 g/mol. The maximum atomic E-state index is 13.7. The number of anilines is 4. The van der Waals surface area contributed by atoms with Gasteiger partial charge in [-0.15, -0.1) is 0 Å². The summed E-state index contributed by atoms with van der Waals surface area (Å²) in [6.07, 6.45) is 37.5. The van der Waals surface area contributed by atoms with E-state index in [2.05, 4.69) is 88.2 Å². The summed E-state index contributed by atoms with van der Waals surface area (Å²) in [5, 5.41) is 28.0. The molecule has 0 radical (unpaired) electrons. The zero-order chi connectivity index (χ0) is 68.3. The zero-order valence-corrected chi connectivity index (χ0v) is 62.5. The Morgan fingerprint density at radius 1 is 0.375 bits per heavy atom. The summed E-state index contributed by atoms with van der Waals surface area (Å²) in [7, 11) is 0. The Balaban J connectivity index is 0.739. The first-order valence-corrected chi connectivity index (χ1v) is 38.7. The lowest BCUT2D eigenvalue weighted by Crippen LogP contribution is -2.22. The molecular formula is C80H96Br4N2O10. The number of hydrogen-bond acceptors (Lipinski definition) is 12. The second-order valence-electron chi connectivity index (χ2n) is 26.2. The first kappa shape index (κ1) is 75.8. The van der Waals surface area contributed by atoms with Crippen LogP contribution in [0.5, 0.6) is 11.5 Å². The van der Waals surface area contributed by atoms with Crippen LogP contribution >= 0.6 is 63.7 Å². The third-order valence-corrected chi connectivity index (χ3v) is 21.5. The Morgan fingerprint density at radius 3 is 0.948 bits per heavy atom. The van der Waals surface area contributed by atoms with E-state index in [4.69, 9.17) is 9.47 Å². The van der Waals surface area contributed by atoms with Crippen molar-refractivity contribution in [1.29, 1.82) is 0 Å². The van der Waals surface area contributed by atoms with E-state index >= 15 is 0 Å². The number of fused-ring (bicyclic) bond motifs is 4. The first-order chi connectivity index (χ1) is 46.6. The summed E-state index contributed by atoms with van der Waals surface area (Å²) in [5.41, 5.74) is 4.70. The molecule has 0 saturated heterocycles. The van der Waals surface area contributed by atoms with Crippen LogP contribution in [0.15, 0.2) is 115 Å². The van der Waals surface area contributed by atoms with Crippen molar-refractivity contribution < 1.29 is 48.5 Å². The number of aromatic hydroxyl groups is 2. The highest BCUT2D eigenvalue weighted by molar-refractivity contribution is 9.11. The molecule has 514 valence electrons. The van der Waals surface area contributed by atoms with Crippen molar-refractivity contribution in [2.45, 2.75) is 219 Å². The number of carbonyl (C=O) groups excluding carboxylic acids is 6. The molecule has 12 nitrogen and oxygen atoms in total. The third kappa shape index (κ3) is 21.5. The molecule has 2 unspecified atom stereocenters. The van der Waals surface area contributed by atoms with Gasteiger partial charge in [-0.3, -0.25) is 28.8 Å². The van der Waals surface area contributed by atoms with Gasteiger partial charge >= 0.3 is 11.9 Å². The van der Waals surface area contributed by atoms with Gasteiger partial charge in [-0.05, 0) is 148 Å². The van der Waals surface area contributed by atoms with Crippen LogP contribution in [0.2, 0.25) is 0 Å². The van der Waals surface area contributed by atoms with E-state index in [0.717, 1.165) is 61.5 Å². The predicted molar refractivity (Wildman–Crippen MR) is 399 cm³/mol. The topological polar surface area (TPSA) is 185 Å². The number of esters is 2. The average molecular weight is 1570 g/mol. The molecule has 2 aliphatic rings. The molecule has 0 saturated carbocycles. The minimum atomic E-state index is -0.410. The minimum Gasteiger partial charge on any atom is -0.507 e. The van der Waals surface area contributed by atoms with Crippen LogP contribution in [-0.4, -0.2) is 58.5 Å². The van der Waals surface area contributed by atoms with Gasteiger partial charge in [0, 0.05) is 40.1 Å². The number of hydrogen-bond donors (Lipinski definition) is 4. The van der Waals surface area contributed by atoms with Gasteiger partial charge < -0.3 is 30.3 Å². The summed E-state index contributed by atoms with van der Waals surface area (Å²) in [5.74, 6) is -1.07. The second kappa shape index (κ2) is 39.6. The molecule has 0 fully saturated rings. The van der Waals surface area contributed by atoms with Crippen LogP contribution in [0.4, 0.5) is 22.7 Å². The monoisotopic (exact) mass is 1560 g/mol. The van der Waals surface area contributed by atoms with Gasteiger partial charge in [-0.2, -0.15) is 0 Å². The van der Waals surface area contributed by atoms with Crippen LogP contribution in [0.25, 0.3) is 0 Å². The largest absolute Gasteiger partial charge is 0.507 e. The van der Waals surface area contributed by atoms with Crippen molar-refractivity contribution in [2.24, 2.45) is 11.8 Å². The minimum absolute atomic E-state index is 0.0289. The van der Waals surface area contributed by atoms with E-state index in [1.165, 1.54) is 166 Å². The van der Waals surface area contributed by atoms with Crippen LogP contribution < -0.4 is 10.6 Å². The summed E-state index contributed by atoms with van der Waals surface area (Å²) in [6.45, 7) is 5.35. The number of ketones is 4. The molecule has 2 atom stereocenters. The molecule has 16 heteroatoms. The lowest BCUT2D eigenvalue weighted by Gasteiger charge is -2.28. The number of phenolic OH excluding ortho intramolecular Hbond substituents is 2. The molecule has 6 aromatic rings. The Bertz CT molecular complexity index is 3360. The van der Waals surface area contributed by atoms with Crippen LogP contribution in [0, 0.1) is 11.8 Å². The summed E-state index contributed by atoms with van der Waals surface area (Å²) >= 11 is 14.6. The van der Waals surface area contributed by atoms with Gasteiger partial charge in [0.1, 0.15) is 11.5 Å². The Hall–Kier alpha value is -5.94. The summed E-state index contributed by atoms with van der Waals surface area (Å²) in [6, 6.07) is 26.6. The average Bonchev–Trinajstić information content (AvgIpc) is 0.752. The van der Waals surface area contributed by atoms with E-state index in [-0.39, 0.29) is 92.4 Å². The van der Waals surface area contributed by atoms with Crippen LogP contribution in [-0.2, 0) is 31.9 Å². The summed E-state index contributed by atoms with van der Waals surface area (Å²) in [4.78, 5) is 80.3. The number of nitrogens with one attached hydrogen (secondary N) is 2. The number of benzene rings is 6. The van der Waals surface area contributed by atoms with Gasteiger partial charge in [-0.25, -0.2) is 0 Å². The highest BCUT2D eigenvalue weighted by atomic mass is 79.9. The smallest absolute Gasteiger partial charge is 0.310 e. The second-order valence-corrected chi connectivity index (χ2v) is 29.7. The molecule has 0 spiro atoms. The Labute approximate surface area is 602 Å². The van der Waals surface area contributed by atoms with E-state index in [1.807, 2.05) is 24.3 Å². The molecule has 0 bridgehead atoms. The van der Waals surface area contributed by atoms with Crippen molar-refractivity contribution in [3.05, 3.63) is 171 Å². The van der Waals surface area contributed by atoms with Crippen LogP contribution in [0.3, 0.4) is 0 Å². The van der Waals surface area contributed by atoms with Gasteiger partial charge in [0.2, 0.25) is 0 Å². The van der Waals surface area contributed by atoms with Crippen molar-refractivity contribution in [3.63, 3.8) is 0 Å². The molecule has 2 aliphatic carbocycles.